The van der Waals surface area contributed by atoms with Gasteiger partial charge in [-0.2, -0.15) is 0 Å². The number of hydrogen-bond acceptors (Lipinski definition) is 5. The molecule has 0 bridgehead atoms. The number of aliphatic hydroxyl groups is 1. The fourth-order valence-corrected chi connectivity index (χ4v) is 2.17. The summed E-state index contributed by atoms with van der Waals surface area (Å²) in [6.45, 7) is 0.380. The maximum absolute atomic E-state index is 11.3. The second kappa shape index (κ2) is 8.49. The van der Waals surface area contributed by atoms with Crippen molar-refractivity contribution in [3.8, 4) is 0 Å². The van der Waals surface area contributed by atoms with Crippen LogP contribution in [-0.4, -0.2) is 45.5 Å². The smallest absolute Gasteiger partial charge is 0.305 e. The lowest BCUT2D eigenvalue weighted by atomic mass is 10.3. The van der Waals surface area contributed by atoms with Gasteiger partial charge in [-0.3, -0.25) is 4.79 Å². The number of sulfonamides is 1. The van der Waals surface area contributed by atoms with Gasteiger partial charge < -0.3 is 9.84 Å². The van der Waals surface area contributed by atoms with Crippen molar-refractivity contribution in [1.82, 2.24) is 4.72 Å². The summed E-state index contributed by atoms with van der Waals surface area (Å²) in [6.07, 6.45) is 1.54. The molecular weight excluding hydrogens is 234 g/mol. The average Bonchev–Trinajstić information content (AvgIpc) is 2.24. The van der Waals surface area contributed by atoms with Crippen LogP contribution in [0.4, 0.5) is 0 Å². The van der Waals surface area contributed by atoms with Crippen LogP contribution in [0.25, 0.3) is 0 Å². The summed E-state index contributed by atoms with van der Waals surface area (Å²) in [7, 11) is -2.04. The minimum Gasteiger partial charge on any atom is -0.469 e. The molecule has 0 fully saturated rings. The second-order valence-corrected chi connectivity index (χ2v) is 5.25. The number of rotatable bonds is 9. The monoisotopic (exact) mass is 253 g/mol. The summed E-state index contributed by atoms with van der Waals surface area (Å²) >= 11 is 0. The first kappa shape index (κ1) is 15.3. The lowest BCUT2D eigenvalue weighted by molar-refractivity contribution is -0.140. The minimum atomic E-state index is -3.31. The second-order valence-electron chi connectivity index (χ2n) is 3.32. The Balaban J connectivity index is 3.66. The lowest BCUT2D eigenvalue weighted by Crippen LogP contribution is -2.27. The van der Waals surface area contributed by atoms with Gasteiger partial charge in [0.05, 0.1) is 12.9 Å². The summed E-state index contributed by atoms with van der Waals surface area (Å²) in [4.78, 5) is 10.7. The molecule has 0 rings (SSSR count). The Morgan fingerprint density at radius 2 is 2.00 bits per heavy atom. The van der Waals surface area contributed by atoms with Gasteiger partial charge in [0.25, 0.3) is 0 Å². The Kier molecular flexibility index (Phi) is 8.14. The van der Waals surface area contributed by atoms with E-state index in [0.717, 1.165) is 0 Å². The van der Waals surface area contributed by atoms with E-state index < -0.39 is 16.0 Å². The molecule has 0 unspecified atom stereocenters. The van der Waals surface area contributed by atoms with Gasteiger partial charge in [-0.1, -0.05) is 0 Å². The quantitative estimate of drug-likeness (QED) is 0.432. The zero-order valence-corrected chi connectivity index (χ0v) is 10.3. The fraction of sp³-hybridized carbons (Fsp3) is 0.889. The van der Waals surface area contributed by atoms with Crippen LogP contribution in [0.2, 0.25) is 0 Å². The van der Waals surface area contributed by atoms with Crippen LogP contribution in [0.1, 0.15) is 25.7 Å². The highest BCUT2D eigenvalue weighted by atomic mass is 32.2. The molecule has 0 radical (unpaired) electrons. The third-order valence-electron chi connectivity index (χ3n) is 1.93. The summed E-state index contributed by atoms with van der Waals surface area (Å²) < 4.78 is 29.5. The Morgan fingerprint density at radius 3 is 2.56 bits per heavy atom. The standard InChI is InChI=1S/C9H19NO5S/c1-15-9(12)5-4-8-16(13,14)10-6-2-3-7-11/h10-11H,2-8H2,1H3. The van der Waals surface area contributed by atoms with Crippen molar-refractivity contribution >= 4 is 16.0 Å². The van der Waals surface area contributed by atoms with Crippen molar-refractivity contribution in [2.75, 3.05) is 26.0 Å². The molecule has 7 heteroatoms. The number of ether oxygens (including phenoxy) is 1. The van der Waals surface area contributed by atoms with Gasteiger partial charge in [-0.25, -0.2) is 13.1 Å². The minimum absolute atomic E-state index is 0.0596. The maximum atomic E-state index is 11.3. The lowest BCUT2D eigenvalue weighted by Gasteiger charge is -2.05. The molecule has 0 aliphatic carbocycles. The van der Waals surface area contributed by atoms with Crippen molar-refractivity contribution in [2.24, 2.45) is 0 Å². The summed E-state index contributed by atoms with van der Waals surface area (Å²) in [5.41, 5.74) is 0. The molecule has 0 aromatic heterocycles. The number of unbranched alkanes of at least 4 members (excludes halogenated alkanes) is 1. The van der Waals surface area contributed by atoms with Crippen molar-refractivity contribution in [1.29, 1.82) is 0 Å². The zero-order valence-electron chi connectivity index (χ0n) is 9.44. The predicted molar refractivity (Wildman–Crippen MR) is 59.4 cm³/mol. The third kappa shape index (κ3) is 8.63. The molecule has 0 spiro atoms. The van der Waals surface area contributed by atoms with E-state index in [1.54, 1.807) is 0 Å². The highest BCUT2D eigenvalue weighted by molar-refractivity contribution is 7.89. The number of carbonyl (C=O) groups excluding carboxylic acids is 1. The molecule has 0 atom stereocenters. The van der Waals surface area contributed by atoms with E-state index in [0.29, 0.717) is 19.4 Å². The number of aliphatic hydroxyl groups excluding tert-OH is 1. The highest BCUT2D eigenvalue weighted by Crippen LogP contribution is 1.97. The molecule has 0 amide bonds. The molecule has 2 N–H and O–H groups in total. The molecule has 6 nitrogen and oxygen atoms in total. The zero-order chi connectivity index (χ0) is 12.4. The predicted octanol–water partition coefficient (Wildman–Crippen LogP) is -0.368. The SMILES string of the molecule is COC(=O)CCCS(=O)(=O)NCCCCO. The first-order valence-electron chi connectivity index (χ1n) is 5.17. The van der Waals surface area contributed by atoms with Gasteiger partial charge in [-0.05, 0) is 19.3 Å². The Labute approximate surface area is 96.0 Å². The van der Waals surface area contributed by atoms with E-state index in [9.17, 15) is 13.2 Å². The summed E-state index contributed by atoms with van der Waals surface area (Å²) in [5.74, 6) is -0.489. The summed E-state index contributed by atoms with van der Waals surface area (Å²) in [6, 6.07) is 0. The Hall–Kier alpha value is -0.660. The van der Waals surface area contributed by atoms with Gasteiger partial charge >= 0.3 is 5.97 Å². The van der Waals surface area contributed by atoms with Crippen LogP contribution in [0.5, 0.6) is 0 Å². The van der Waals surface area contributed by atoms with E-state index in [1.807, 2.05) is 0 Å². The fourth-order valence-electron chi connectivity index (χ4n) is 1.05. The van der Waals surface area contributed by atoms with Crippen LogP contribution in [0.15, 0.2) is 0 Å². The van der Waals surface area contributed by atoms with Crippen LogP contribution in [-0.2, 0) is 19.6 Å². The van der Waals surface area contributed by atoms with E-state index in [-0.39, 0.29) is 25.2 Å². The van der Waals surface area contributed by atoms with E-state index in [1.165, 1.54) is 7.11 Å². The van der Waals surface area contributed by atoms with Gasteiger partial charge in [-0.15, -0.1) is 0 Å². The van der Waals surface area contributed by atoms with Gasteiger partial charge in [0, 0.05) is 19.6 Å². The largest absolute Gasteiger partial charge is 0.469 e. The van der Waals surface area contributed by atoms with Crippen LogP contribution in [0, 0.1) is 0 Å². The van der Waals surface area contributed by atoms with E-state index in [4.69, 9.17) is 5.11 Å². The number of carbonyl (C=O) groups is 1. The Morgan fingerprint density at radius 1 is 1.31 bits per heavy atom. The molecular formula is C9H19NO5S. The van der Waals surface area contributed by atoms with Crippen molar-refractivity contribution in [3.63, 3.8) is 0 Å². The molecule has 0 aliphatic heterocycles. The molecule has 0 heterocycles. The van der Waals surface area contributed by atoms with Crippen molar-refractivity contribution in [3.05, 3.63) is 0 Å². The first-order valence-corrected chi connectivity index (χ1v) is 6.82. The van der Waals surface area contributed by atoms with E-state index >= 15 is 0 Å². The third-order valence-corrected chi connectivity index (χ3v) is 3.40. The number of hydrogen-bond donors (Lipinski definition) is 2. The first-order chi connectivity index (χ1) is 7.52. The van der Waals surface area contributed by atoms with Crippen molar-refractivity contribution in [2.45, 2.75) is 25.7 Å². The van der Waals surface area contributed by atoms with E-state index in [2.05, 4.69) is 9.46 Å². The molecule has 0 aromatic rings. The topological polar surface area (TPSA) is 92.7 Å². The number of esters is 1. The molecule has 16 heavy (non-hydrogen) atoms. The van der Waals surface area contributed by atoms with Crippen LogP contribution >= 0.6 is 0 Å². The number of nitrogens with one attached hydrogen (secondary N) is 1. The molecule has 96 valence electrons. The van der Waals surface area contributed by atoms with Gasteiger partial charge in [0.1, 0.15) is 0 Å². The van der Waals surface area contributed by atoms with Crippen molar-refractivity contribution < 1.29 is 23.1 Å². The number of methoxy groups -OCH3 is 1. The van der Waals surface area contributed by atoms with Crippen LogP contribution in [0.3, 0.4) is 0 Å². The Bertz CT molecular complexity index is 288. The molecule has 0 saturated heterocycles. The molecule has 0 aromatic carbocycles. The van der Waals surface area contributed by atoms with Gasteiger partial charge in [0.2, 0.25) is 10.0 Å². The highest BCUT2D eigenvalue weighted by Gasteiger charge is 2.10. The maximum Gasteiger partial charge on any atom is 0.305 e. The average molecular weight is 253 g/mol. The van der Waals surface area contributed by atoms with Crippen LogP contribution < -0.4 is 4.72 Å². The summed E-state index contributed by atoms with van der Waals surface area (Å²) in [5, 5.41) is 8.50. The molecule has 0 saturated carbocycles. The van der Waals surface area contributed by atoms with Gasteiger partial charge in [0.15, 0.2) is 0 Å². The normalized spacial score (nSPS) is 11.4. The molecule has 0 aliphatic rings.